The molecular weight excluding hydrogens is 264 g/mol. The Labute approximate surface area is 113 Å². The van der Waals surface area contributed by atoms with E-state index in [2.05, 4.69) is 16.7 Å². The van der Waals surface area contributed by atoms with Crippen molar-refractivity contribution < 1.29 is 14.8 Å². The molecule has 0 fully saturated rings. The molecule has 0 atom stereocenters. The zero-order valence-corrected chi connectivity index (χ0v) is 10.3. The standard InChI is InChI=1S/C12H10N4O4/c1-8(12(17)18)6-15-7-13-11(14-15)9-2-4-10(5-3-9)16(19)20/h2-5,7H,1,6H2,(H,17,18). The summed E-state index contributed by atoms with van der Waals surface area (Å²) in [4.78, 5) is 24.7. The quantitative estimate of drug-likeness (QED) is 0.502. The van der Waals surface area contributed by atoms with Gasteiger partial charge in [-0.2, -0.15) is 5.10 Å². The summed E-state index contributed by atoms with van der Waals surface area (Å²) >= 11 is 0. The summed E-state index contributed by atoms with van der Waals surface area (Å²) in [6, 6.07) is 5.77. The normalized spacial score (nSPS) is 10.2. The molecule has 0 aliphatic heterocycles. The van der Waals surface area contributed by atoms with E-state index in [4.69, 9.17) is 5.11 Å². The fourth-order valence-electron chi connectivity index (χ4n) is 1.50. The lowest BCUT2D eigenvalue weighted by Gasteiger charge is -1.99. The zero-order valence-electron chi connectivity index (χ0n) is 10.3. The first kappa shape index (κ1) is 13.4. The van der Waals surface area contributed by atoms with Gasteiger partial charge in [-0.05, 0) is 12.1 Å². The molecule has 1 aromatic heterocycles. The van der Waals surface area contributed by atoms with Crippen molar-refractivity contribution in [2.45, 2.75) is 6.54 Å². The monoisotopic (exact) mass is 274 g/mol. The highest BCUT2D eigenvalue weighted by Gasteiger charge is 2.10. The first-order valence-electron chi connectivity index (χ1n) is 5.52. The van der Waals surface area contributed by atoms with E-state index in [0.29, 0.717) is 11.4 Å². The second-order valence-electron chi connectivity index (χ2n) is 3.98. The number of carboxylic acid groups (broad SMARTS) is 1. The zero-order chi connectivity index (χ0) is 14.7. The summed E-state index contributed by atoms with van der Waals surface area (Å²) in [6.45, 7) is 3.42. The molecular formula is C12H10N4O4. The van der Waals surface area contributed by atoms with Gasteiger partial charge in [-0.3, -0.25) is 10.1 Å². The van der Waals surface area contributed by atoms with Gasteiger partial charge < -0.3 is 5.11 Å². The van der Waals surface area contributed by atoms with Crippen molar-refractivity contribution in [2.24, 2.45) is 0 Å². The van der Waals surface area contributed by atoms with E-state index in [-0.39, 0.29) is 17.8 Å². The third-order valence-electron chi connectivity index (χ3n) is 2.53. The molecule has 0 unspecified atom stereocenters. The maximum Gasteiger partial charge on any atom is 0.332 e. The third-order valence-corrected chi connectivity index (χ3v) is 2.53. The fourth-order valence-corrected chi connectivity index (χ4v) is 1.50. The van der Waals surface area contributed by atoms with Crippen LogP contribution in [0.3, 0.4) is 0 Å². The minimum atomic E-state index is -1.10. The van der Waals surface area contributed by atoms with Crippen LogP contribution in [0.1, 0.15) is 0 Å². The van der Waals surface area contributed by atoms with Crippen molar-refractivity contribution in [2.75, 3.05) is 0 Å². The maximum atomic E-state index is 10.7. The minimum absolute atomic E-state index is 0.00912. The number of aliphatic carboxylic acids is 1. The molecule has 0 aliphatic rings. The average Bonchev–Trinajstić information content (AvgIpc) is 2.87. The van der Waals surface area contributed by atoms with Gasteiger partial charge >= 0.3 is 5.97 Å². The summed E-state index contributed by atoms with van der Waals surface area (Å²) in [5, 5.41) is 23.4. The van der Waals surface area contributed by atoms with Crippen LogP contribution in [0.4, 0.5) is 5.69 Å². The Morgan fingerprint density at radius 2 is 2.05 bits per heavy atom. The molecule has 0 bridgehead atoms. The molecule has 0 spiro atoms. The molecule has 2 rings (SSSR count). The maximum absolute atomic E-state index is 10.7. The molecule has 20 heavy (non-hydrogen) atoms. The van der Waals surface area contributed by atoms with Crippen LogP contribution >= 0.6 is 0 Å². The number of nitro benzene ring substituents is 1. The minimum Gasteiger partial charge on any atom is -0.478 e. The van der Waals surface area contributed by atoms with Crippen LogP contribution < -0.4 is 0 Å². The van der Waals surface area contributed by atoms with Crippen LogP contribution in [0.25, 0.3) is 11.4 Å². The first-order chi connectivity index (χ1) is 9.47. The van der Waals surface area contributed by atoms with Crippen LogP contribution in [0.5, 0.6) is 0 Å². The number of hydrogen-bond donors (Lipinski definition) is 1. The number of hydrogen-bond acceptors (Lipinski definition) is 5. The smallest absolute Gasteiger partial charge is 0.332 e. The van der Waals surface area contributed by atoms with Gasteiger partial charge in [0.1, 0.15) is 6.33 Å². The van der Waals surface area contributed by atoms with E-state index in [1.807, 2.05) is 0 Å². The number of nitrogens with zero attached hydrogens (tertiary/aromatic N) is 4. The van der Waals surface area contributed by atoms with E-state index < -0.39 is 10.9 Å². The highest BCUT2D eigenvalue weighted by molar-refractivity contribution is 5.85. The Hall–Kier alpha value is -3.03. The van der Waals surface area contributed by atoms with Gasteiger partial charge in [0, 0.05) is 17.7 Å². The highest BCUT2D eigenvalue weighted by Crippen LogP contribution is 2.18. The summed E-state index contributed by atoms with van der Waals surface area (Å²) in [5.41, 5.74) is 0.577. The van der Waals surface area contributed by atoms with Gasteiger partial charge in [-0.15, -0.1) is 0 Å². The van der Waals surface area contributed by atoms with E-state index in [9.17, 15) is 14.9 Å². The van der Waals surface area contributed by atoms with E-state index in [0.717, 1.165) is 0 Å². The van der Waals surface area contributed by atoms with Gasteiger partial charge in [-0.25, -0.2) is 14.5 Å². The molecule has 8 nitrogen and oxygen atoms in total. The largest absolute Gasteiger partial charge is 0.478 e. The first-order valence-corrected chi connectivity index (χ1v) is 5.52. The van der Waals surface area contributed by atoms with E-state index in [1.54, 1.807) is 0 Å². The van der Waals surface area contributed by atoms with Gasteiger partial charge in [0.15, 0.2) is 5.82 Å². The average molecular weight is 274 g/mol. The predicted octanol–water partition coefficient (Wildman–Crippen LogP) is 1.49. The number of non-ortho nitro benzene ring substituents is 1. The number of benzene rings is 1. The SMILES string of the molecule is C=C(Cn1cnc(-c2ccc([N+](=O)[O-])cc2)n1)C(=O)O. The molecule has 2 aromatic rings. The molecule has 0 saturated heterocycles. The Morgan fingerprint density at radius 3 is 2.60 bits per heavy atom. The van der Waals surface area contributed by atoms with Crippen molar-refractivity contribution in [1.29, 1.82) is 0 Å². The van der Waals surface area contributed by atoms with Crippen molar-refractivity contribution in [3.8, 4) is 11.4 Å². The van der Waals surface area contributed by atoms with Crippen LogP contribution in [0, 0.1) is 10.1 Å². The lowest BCUT2D eigenvalue weighted by atomic mass is 10.2. The third kappa shape index (κ3) is 2.86. The molecule has 0 aliphatic carbocycles. The summed E-state index contributed by atoms with van der Waals surface area (Å²) in [5.74, 6) is -0.740. The molecule has 1 heterocycles. The number of carbonyl (C=O) groups is 1. The Kier molecular flexibility index (Phi) is 3.56. The summed E-state index contributed by atoms with van der Waals surface area (Å²) in [7, 11) is 0. The lowest BCUT2D eigenvalue weighted by Crippen LogP contribution is -2.08. The van der Waals surface area contributed by atoms with Crippen molar-refractivity contribution in [1.82, 2.24) is 14.8 Å². The molecule has 1 N–H and O–H groups in total. The lowest BCUT2D eigenvalue weighted by molar-refractivity contribution is -0.384. The van der Waals surface area contributed by atoms with E-state index in [1.165, 1.54) is 35.3 Å². The fraction of sp³-hybridized carbons (Fsp3) is 0.0833. The molecule has 0 saturated carbocycles. The van der Waals surface area contributed by atoms with Gasteiger partial charge in [0.25, 0.3) is 5.69 Å². The molecule has 1 aromatic carbocycles. The number of aromatic nitrogens is 3. The van der Waals surface area contributed by atoms with Gasteiger partial charge in [-0.1, -0.05) is 6.58 Å². The molecule has 0 radical (unpaired) electrons. The second-order valence-corrected chi connectivity index (χ2v) is 3.98. The molecule has 0 amide bonds. The number of carboxylic acids is 1. The highest BCUT2D eigenvalue weighted by atomic mass is 16.6. The Balaban J connectivity index is 2.18. The Bertz CT molecular complexity index is 675. The predicted molar refractivity (Wildman–Crippen MR) is 68.9 cm³/mol. The van der Waals surface area contributed by atoms with Gasteiger partial charge in [0.2, 0.25) is 0 Å². The summed E-state index contributed by atoms with van der Waals surface area (Å²) in [6.07, 6.45) is 1.38. The topological polar surface area (TPSA) is 111 Å². The molecule has 8 heteroatoms. The van der Waals surface area contributed by atoms with Crippen LogP contribution in [0.2, 0.25) is 0 Å². The van der Waals surface area contributed by atoms with Crippen molar-refractivity contribution in [3.05, 3.63) is 52.9 Å². The van der Waals surface area contributed by atoms with Crippen LogP contribution in [0.15, 0.2) is 42.7 Å². The van der Waals surface area contributed by atoms with Crippen molar-refractivity contribution in [3.63, 3.8) is 0 Å². The number of rotatable bonds is 5. The van der Waals surface area contributed by atoms with Crippen LogP contribution in [-0.2, 0) is 11.3 Å². The van der Waals surface area contributed by atoms with Crippen LogP contribution in [-0.4, -0.2) is 30.8 Å². The summed E-state index contributed by atoms with van der Waals surface area (Å²) < 4.78 is 1.34. The Morgan fingerprint density at radius 1 is 1.40 bits per heavy atom. The second kappa shape index (κ2) is 5.31. The molecule has 102 valence electrons. The number of nitro groups is 1. The van der Waals surface area contributed by atoms with Crippen molar-refractivity contribution >= 4 is 11.7 Å². The van der Waals surface area contributed by atoms with E-state index >= 15 is 0 Å². The van der Waals surface area contributed by atoms with Gasteiger partial charge in [0.05, 0.1) is 17.0 Å².